The summed E-state index contributed by atoms with van der Waals surface area (Å²) in [6.45, 7) is 1.28. The highest BCUT2D eigenvalue weighted by Gasteiger charge is 2.20. The zero-order valence-corrected chi connectivity index (χ0v) is 9.33. The molecule has 0 spiro atoms. The van der Waals surface area contributed by atoms with Gasteiger partial charge in [0, 0.05) is 6.42 Å². The normalized spacial score (nSPS) is 20.3. The molecule has 0 aliphatic carbocycles. The lowest BCUT2D eigenvalue weighted by atomic mass is 10.2. The van der Waals surface area contributed by atoms with Gasteiger partial charge in [-0.25, -0.2) is 0 Å². The fourth-order valence-electron chi connectivity index (χ4n) is 1.58. The molecule has 3 heteroatoms. The second kappa shape index (κ2) is 5.24. The van der Waals surface area contributed by atoms with Crippen molar-refractivity contribution in [2.24, 2.45) is 0 Å². The molecule has 1 fully saturated rings. The molecule has 0 aromatic heterocycles. The molecule has 0 saturated carbocycles. The molecule has 2 rings (SSSR count). The third-order valence-electron chi connectivity index (χ3n) is 2.38. The Morgan fingerprint density at radius 1 is 1.33 bits per heavy atom. The van der Waals surface area contributed by atoms with Crippen molar-refractivity contribution in [1.82, 2.24) is 0 Å². The van der Waals surface area contributed by atoms with E-state index in [1.54, 1.807) is 0 Å². The van der Waals surface area contributed by atoms with Gasteiger partial charge in [0.15, 0.2) is 5.05 Å². The van der Waals surface area contributed by atoms with Gasteiger partial charge in [-0.05, 0) is 24.2 Å². The van der Waals surface area contributed by atoms with E-state index in [4.69, 9.17) is 21.7 Å². The molecule has 1 aromatic carbocycles. The van der Waals surface area contributed by atoms with Crippen molar-refractivity contribution in [3.63, 3.8) is 0 Å². The van der Waals surface area contributed by atoms with E-state index < -0.39 is 0 Å². The van der Waals surface area contributed by atoms with Crippen LogP contribution in [-0.4, -0.2) is 17.8 Å². The summed E-state index contributed by atoms with van der Waals surface area (Å²) in [6, 6.07) is 10.1. The zero-order chi connectivity index (χ0) is 10.5. The van der Waals surface area contributed by atoms with Gasteiger partial charge in [-0.15, -0.1) is 0 Å². The van der Waals surface area contributed by atoms with E-state index in [1.165, 1.54) is 5.56 Å². The van der Waals surface area contributed by atoms with Crippen molar-refractivity contribution in [2.75, 3.05) is 6.61 Å². The van der Waals surface area contributed by atoms with E-state index in [0.29, 0.717) is 13.2 Å². The van der Waals surface area contributed by atoms with Crippen molar-refractivity contribution in [1.29, 1.82) is 0 Å². The van der Waals surface area contributed by atoms with Crippen LogP contribution in [0.2, 0.25) is 0 Å². The fourth-order valence-corrected chi connectivity index (χ4v) is 1.84. The second-order valence-corrected chi connectivity index (χ2v) is 4.11. The molecule has 1 aliphatic heterocycles. The van der Waals surface area contributed by atoms with Crippen LogP contribution < -0.4 is 0 Å². The first kappa shape index (κ1) is 10.6. The van der Waals surface area contributed by atoms with Crippen molar-refractivity contribution in [3.05, 3.63) is 35.9 Å². The lowest BCUT2D eigenvalue weighted by molar-refractivity contribution is 0.0467. The highest BCUT2D eigenvalue weighted by Crippen LogP contribution is 2.15. The molecule has 0 bridgehead atoms. The summed E-state index contributed by atoms with van der Waals surface area (Å²) >= 11 is 4.96. The van der Waals surface area contributed by atoms with Gasteiger partial charge in [-0.1, -0.05) is 30.3 Å². The highest BCUT2D eigenvalue weighted by atomic mass is 32.1. The van der Waals surface area contributed by atoms with Crippen LogP contribution in [0.4, 0.5) is 0 Å². The van der Waals surface area contributed by atoms with Crippen molar-refractivity contribution >= 4 is 17.3 Å². The van der Waals surface area contributed by atoms with Gasteiger partial charge in [-0.2, -0.15) is 0 Å². The summed E-state index contributed by atoms with van der Waals surface area (Å²) in [7, 11) is 0. The van der Waals surface area contributed by atoms with Crippen molar-refractivity contribution in [2.45, 2.75) is 25.6 Å². The molecule has 1 aromatic rings. The first-order valence-corrected chi connectivity index (χ1v) is 5.56. The fraction of sp³-hybridized carbons (Fsp3) is 0.417. The minimum absolute atomic E-state index is 0.168. The van der Waals surface area contributed by atoms with Crippen molar-refractivity contribution in [3.8, 4) is 0 Å². The lowest BCUT2D eigenvalue weighted by Gasteiger charge is -2.10. The number of hydrogen-bond acceptors (Lipinski definition) is 3. The van der Waals surface area contributed by atoms with Crippen LogP contribution in [0.25, 0.3) is 0 Å². The number of hydrogen-bond donors (Lipinski definition) is 0. The molecule has 15 heavy (non-hydrogen) atoms. The molecule has 1 saturated heterocycles. The van der Waals surface area contributed by atoms with Crippen LogP contribution in [0.5, 0.6) is 0 Å². The quantitative estimate of drug-likeness (QED) is 0.730. The van der Waals surface area contributed by atoms with Crippen LogP contribution in [0.1, 0.15) is 18.4 Å². The third kappa shape index (κ3) is 3.29. The molecule has 80 valence electrons. The Morgan fingerprint density at radius 2 is 2.13 bits per heavy atom. The van der Waals surface area contributed by atoms with Gasteiger partial charge in [0.05, 0.1) is 13.2 Å². The molecular weight excluding hydrogens is 208 g/mol. The standard InChI is InChI=1S/C12H14O2S/c15-12-7-6-11(14-12)9-13-8-10-4-2-1-3-5-10/h1-5,11H,6-9H2/t11-/m1/s1. The first-order valence-electron chi connectivity index (χ1n) is 5.16. The predicted molar refractivity (Wildman–Crippen MR) is 62.8 cm³/mol. The Bertz CT molecular complexity index is 324. The summed E-state index contributed by atoms with van der Waals surface area (Å²) in [6.07, 6.45) is 2.06. The van der Waals surface area contributed by atoms with Crippen LogP contribution in [0.15, 0.2) is 30.3 Å². The average molecular weight is 222 g/mol. The Labute approximate surface area is 95.2 Å². The van der Waals surface area contributed by atoms with Crippen LogP contribution in [0, 0.1) is 0 Å². The van der Waals surface area contributed by atoms with E-state index in [-0.39, 0.29) is 6.10 Å². The number of rotatable bonds is 4. The average Bonchev–Trinajstić information content (AvgIpc) is 2.66. The lowest BCUT2D eigenvalue weighted by Crippen LogP contribution is -2.14. The summed E-state index contributed by atoms with van der Waals surface area (Å²) in [5.41, 5.74) is 1.19. The van der Waals surface area contributed by atoms with E-state index in [1.807, 2.05) is 18.2 Å². The van der Waals surface area contributed by atoms with Crippen LogP contribution in [-0.2, 0) is 16.1 Å². The predicted octanol–water partition coefficient (Wildman–Crippen LogP) is 2.71. The molecule has 0 radical (unpaired) electrons. The van der Waals surface area contributed by atoms with Gasteiger partial charge in [0.1, 0.15) is 6.10 Å². The van der Waals surface area contributed by atoms with Crippen LogP contribution >= 0.6 is 12.2 Å². The molecule has 0 amide bonds. The smallest absolute Gasteiger partial charge is 0.160 e. The largest absolute Gasteiger partial charge is 0.481 e. The number of benzene rings is 1. The summed E-state index contributed by atoms with van der Waals surface area (Å²) < 4.78 is 11.0. The topological polar surface area (TPSA) is 18.5 Å². The van der Waals surface area contributed by atoms with Gasteiger partial charge < -0.3 is 9.47 Å². The van der Waals surface area contributed by atoms with Gasteiger partial charge in [-0.3, -0.25) is 0 Å². The SMILES string of the molecule is S=C1CC[C@H](COCc2ccccc2)O1. The Balaban J connectivity index is 1.69. The van der Waals surface area contributed by atoms with Gasteiger partial charge >= 0.3 is 0 Å². The first-order chi connectivity index (χ1) is 7.34. The maximum atomic E-state index is 5.57. The third-order valence-corrected chi connectivity index (χ3v) is 2.68. The maximum Gasteiger partial charge on any atom is 0.160 e. The maximum absolute atomic E-state index is 5.57. The van der Waals surface area contributed by atoms with E-state index in [9.17, 15) is 0 Å². The highest BCUT2D eigenvalue weighted by molar-refractivity contribution is 7.80. The second-order valence-electron chi connectivity index (χ2n) is 3.65. The summed E-state index contributed by atoms with van der Waals surface area (Å²) in [5.74, 6) is 0. The molecule has 1 aliphatic rings. The molecule has 1 atom stereocenters. The molecule has 0 unspecified atom stereocenters. The molecular formula is C12H14O2S. The van der Waals surface area contributed by atoms with Crippen molar-refractivity contribution < 1.29 is 9.47 Å². The summed E-state index contributed by atoms with van der Waals surface area (Å²) in [4.78, 5) is 0. The summed E-state index contributed by atoms with van der Waals surface area (Å²) in [5, 5.41) is 0.725. The Morgan fingerprint density at radius 3 is 2.80 bits per heavy atom. The van der Waals surface area contributed by atoms with Gasteiger partial charge in [0.2, 0.25) is 0 Å². The van der Waals surface area contributed by atoms with E-state index in [2.05, 4.69) is 12.1 Å². The van der Waals surface area contributed by atoms with E-state index >= 15 is 0 Å². The molecule has 0 N–H and O–H groups in total. The monoisotopic (exact) mass is 222 g/mol. The molecule has 1 heterocycles. The van der Waals surface area contributed by atoms with E-state index in [0.717, 1.165) is 17.9 Å². The zero-order valence-electron chi connectivity index (χ0n) is 8.52. The minimum atomic E-state index is 0.168. The minimum Gasteiger partial charge on any atom is -0.481 e. The Kier molecular flexibility index (Phi) is 3.69. The van der Waals surface area contributed by atoms with Crippen LogP contribution in [0.3, 0.4) is 0 Å². The molecule has 2 nitrogen and oxygen atoms in total. The number of thiocarbonyl (C=S) groups is 1. The Hall–Kier alpha value is -0.930. The van der Waals surface area contributed by atoms with Gasteiger partial charge in [0.25, 0.3) is 0 Å². The number of ether oxygens (including phenoxy) is 2.